The monoisotopic (exact) mass is 352 g/mol. The van der Waals surface area contributed by atoms with E-state index in [1.54, 1.807) is 0 Å². The fourth-order valence-corrected chi connectivity index (χ4v) is 3.77. The molecule has 0 aromatic rings. The first kappa shape index (κ1) is 23.0. The van der Waals surface area contributed by atoms with Crippen molar-refractivity contribution in [3.63, 3.8) is 0 Å². The minimum absolute atomic E-state index is 0.139. The molecule has 0 fully saturated rings. The van der Waals surface area contributed by atoms with Crippen molar-refractivity contribution in [1.29, 1.82) is 0 Å². The molecule has 0 saturated heterocycles. The highest BCUT2D eigenvalue weighted by Gasteiger charge is 2.16. The van der Waals surface area contributed by atoms with Crippen LogP contribution in [-0.4, -0.2) is 27.9 Å². The van der Waals surface area contributed by atoms with Crippen molar-refractivity contribution >= 4 is 11.1 Å². The van der Waals surface area contributed by atoms with Crippen molar-refractivity contribution < 1.29 is 23.6 Å². The summed E-state index contributed by atoms with van der Waals surface area (Å²) in [6.07, 6.45) is 13.6. The summed E-state index contributed by atoms with van der Waals surface area (Å²) in [5, 5.41) is 11.8. The summed E-state index contributed by atoms with van der Waals surface area (Å²) in [6.45, 7) is 5.00. The van der Waals surface area contributed by atoms with Crippen molar-refractivity contribution in [2.24, 2.45) is 0 Å². The fraction of sp³-hybridized carbons (Fsp3) is 1.00. The van der Waals surface area contributed by atoms with Crippen LogP contribution >= 0.6 is 0 Å². The molecule has 2 unspecified atom stereocenters. The normalized spacial score (nSPS) is 14.0. The zero-order valence-electron chi connectivity index (χ0n) is 15.0. The van der Waals surface area contributed by atoms with E-state index in [0.717, 1.165) is 38.5 Å². The molecular weight excluding hydrogens is 316 g/mol. The second-order valence-electron chi connectivity index (χ2n) is 5.94. The molecule has 6 heteroatoms. The van der Waals surface area contributed by atoms with E-state index in [2.05, 4.69) is 16.8 Å². The fourth-order valence-electron chi connectivity index (χ4n) is 2.63. The molecule has 2 atom stereocenters. The van der Waals surface area contributed by atoms with Crippen molar-refractivity contribution in [1.82, 2.24) is 0 Å². The van der Waals surface area contributed by atoms with Crippen LogP contribution in [-0.2, 0) is 25.2 Å². The molecule has 0 aliphatic rings. The van der Waals surface area contributed by atoms with Gasteiger partial charge in [0.2, 0.25) is 0 Å². The third-order valence-corrected chi connectivity index (χ3v) is 5.43. The summed E-state index contributed by atoms with van der Waals surface area (Å²) in [5.74, 6) is 0. The van der Waals surface area contributed by atoms with Gasteiger partial charge in [0.05, 0.1) is 18.5 Å². The van der Waals surface area contributed by atoms with Crippen LogP contribution in [0.15, 0.2) is 0 Å². The van der Waals surface area contributed by atoms with Gasteiger partial charge in [0.1, 0.15) is 0 Å². The van der Waals surface area contributed by atoms with Gasteiger partial charge >= 0.3 is 0 Å². The molecule has 23 heavy (non-hydrogen) atoms. The van der Waals surface area contributed by atoms with E-state index < -0.39 is 11.1 Å². The molecule has 0 aromatic heterocycles. The first-order chi connectivity index (χ1) is 11.3. The summed E-state index contributed by atoms with van der Waals surface area (Å²) in [6, 6.07) is 0. The molecule has 0 rings (SSSR count). The zero-order valence-corrected chi connectivity index (χ0v) is 15.8. The van der Waals surface area contributed by atoms with Crippen LogP contribution in [0.25, 0.3) is 0 Å². The summed E-state index contributed by atoms with van der Waals surface area (Å²) in [4.78, 5) is 4.42. The lowest BCUT2D eigenvalue weighted by atomic mass is 10.0. The Bertz CT molecular complexity index is 263. The highest BCUT2D eigenvalue weighted by atomic mass is 32.2. The molecule has 140 valence electrons. The van der Waals surface area contributed by atoms with Crippen molar-refractivity contribution in [2.45, 2.75) is 96.1 Å². The molecule has 5 nitrogen and oxygen atoms in total. The van der Waals surface area contributed by atoms with Crippen LogP contribution in [0.5, 0.6) is 0 Å². The molecular formula is C17H36O5S. The lowest BCUT2D eigenvalue weighted by Gasteiger charge is -2.15. The Morgan fingerprint density at radius 2 is 1.43 bits per heavy atom. The highest BCUT2D eigenvalue weighted by molar-refractivity contribution is 7.80. The quantitative estimate of drug-likeness (QED) is 0.209. The first-order valence-corrected chi connectivity index (χ1v) is 10.4. The Morgan fingerprint density at radius 3 is 2.00 bits per heavy atom. The van der Waals surface area contributed by atoms with Gasteiger partial charge in [-0.15, -0.1) is 0 Å². The molecule has 0 aliphatic heterocycles. The summed E-state index contributed by atoms with van der Waals surface area (Å²) in [5.41, 5.74) is 0. The predicted molar refractivity (Wildman–Crippen MR) is 94.3 cm³/mol. The Hall–Kier alpha value is -0.0100. The van der Waals surface area contributed by atoms with Gasteiger partial charge in [-0.05, 0) is 26.2 Å². The molecule has 0 spiro atoms. The van der Waals surface area contributed by atoms with Gasteiger partial charge in [-0.1, -0.05) is 69.7 Å². The van der Waals surface area contributed by atoms with Gasteiger partial charge in [-0.3, -0.25) is 4.18 Å². The predicted octanol–water partition coefficient (Wildman–Crippen LogP) is 5.18. The van der Waals surface area contributed by atoms with Crippen LogP contribution in [0.4, 0.5) is 0 Å². The zero-order chi connectivity index (χ0) is 17.2. The van der Waals surface area contributed by atoms with E-state index >= 15 is 0 Å². The maximum atomic E-state index is 12.1. The van der Waals surface area contributed by atoms with Gasteiger partial charge in [-0.25, -0.2) is 14.4 Å². The Kier molecular flexibility index (Phi) is 18.3. The second-order valence-corrected chi connectivity index (χ2v) is 7.37. The van der Waals surface area contributed by atoms with Crippen LogP contribution in [0.1, 0.15) is 90.9 Å². The number of hydrogen-bond acceptors (Lipinski definition) is 5. The smallest absolute Gasteiger partial charge is 0.158 e. The average molecular weight is 353 g/mol. The standard InChI is InChI=1S/C17H36O5S/c1-3-5-6-7-8-9-11-14-17(23(19)21-4-2)15-12-10-13-16-20-22-18/h17-18H,3-16H2,1-2H3. The highest BCUT2D eigenvalue weighted by Crippen LogP contribution is 2.18. The lowest BCUT2D eigenvalue weighted by molar-refractivity contribution is -0.490. The van der Waals surface area contributed by atoms with Gasteiger partial charge in [0.25, 0.3) is 0 Å². The average Bonchev–Trinajstić information content (AvgIpc) is 2.55. The van der Waals surface area contributed by atoms with Crippen molar-refractivity contribution in [3.8, 4) is 0 Å². The van der Waals surface area contributed by atoms with Gasteiger partial charge in [0, 0.05) is 0 Å². The van der Waals surface area contributed by atoms with E-state index in [-0.39, 0.29) is 5.25 Å². The molecule has 0 saturated carbocycles. The maximum absolute atomic E-state index is 12.1. The molecule has 0 bridgehead atoms. The lowest BCUT2D eigenvalue weighted by Crippen LogP contribution is -2.17. The van der Waals surface area contributed by atoms with E-state index in [4.69, 9.17) is 9.44 Å². The van der Waals surface area contributed by atoms with Crippen LogP contribution in [0.3, 0.4) is 0 Å². The van der Waals surface area contributed by atoms with E-state index in [1.165, 1.54) is 38.5 Å². The minimum atomic E-state index is -1.17. The van der Waals surface area contributed by atoms with Crippen LogP contribution in [0, 0.1) is 0 Å². The van der Waals surface area contributed by atoms with Gasteiger partial charge < -0.3 is 0 Å². The molecule has 0 radical (unpaired) electrons. The summed E-state index contributed by atoms with van der Waals surface area (Å²) < 4.78 is 17.4. The Balaban J connectivity index is 3.80. The number of unbranched alkanes of at least 4 members (excludes halogenated alkanes) is 8. The number of rotatable bonds is 18. The minimum Gasteiger partial charge on any atom is -0.291 e. The van der Waals surface area contributed by atoms with Crippen molar-refractivity contribution in [2.75, 3.05) is 13.2 Å². The molecule has 0 amide bonds. The molecule has 0 aromatic carbocycles. The Labute approximate surface area is 144 Å². The SMILES string of the molecule is CCCCCCCCCC(CCCCCOOO)S(=O)OCC. The molecule has 0 heterocycles. The number of hydrogen-bond donors (Lipinski definition) is 1. The van der Waals surface area contributed by atoms with E-state index in [9.17, 15) is 4.21 Å². The third-order valence-electron chi connectivity index (χ3n) is 3.94. The Morgan fingerprint density at radius 1 is 0.870 bits per heavy atom. The maximum Gasteiger partial charge on any atom is 0.158 e. The topological polar surface area (TPSA) is 65.0 Å². The summed E-state index contributed by atoms with van der Waals surface area (Å²) in [7, 11) is 0. The summed E-state index contributed by atoms with van der Waals surface area (Å²) >= 11 is -1.17. The first-order valence-electron chi connectivity index (χ1n) is 9.23. The van der Waals surface area contributed by atoms with Gasteiger partial charge in [0.15, 0.2) is 11.1 Å². The van der Waals surface area contributed by atoms with Crippen LogP contribution < -0.4 is 0 Å². The third kappa shape index (κ3) is 15.3. The van der Waals surface area contributed by atoms with E-state index in [0.29, 0.717) is 13.2 Å². The molecule has 0 aliphatic carbocycles. The van der Waals surface area contributed by atoms with Crippen LogP contribution in [0.2, 0.25) is 0 Å². The molecule has 1 N–H and O–H groups in total. The largest absolute Gasteiger partial charge is 0.291 e. The van der Waals surface area contributed by atoms with E-state index in [1.807, 2.05) is 6.92 Å². The van der Waals surface area contributed by atoms with Gasteiger partial charge in [-0.2, -0.15) is 0 Å². The second kappa shape index (κ2) is 18.3. The van der Waals surface area contributed by atoms with Crippen molar-refractivity contribution in [3.05, 3.63) is 0 Å².